The van der Waals surface area contributed by atoms with Gasteiger partial charge < -0.3 is 4.90 Å². The van der Waals surface area contributed by atoms with Crippen LogP contribution >= 0.6 is 0 Å². The SMILES string of the molecule is CC(CN(C)C)CS(N)(=O)=NC(=O)Cc1c2c(cc3c1CCC3)CCC2. The van der Waals surface area contributed by atoms with Crippen molar-refractivity contribution < 1.29 is 9.00 Å². The average molecular weight is 378 g/mol. The maximum Gasteiger partial charge on any atom is 0.259 e. The zero-order valence-corrected chi connectivity index (χ0v) is 17.0. The molecule has 0 fully saturated rings. The first-order valence-corrected chi connectivity index (χ1v) is 11.4. The van der Waals surface area contributed by atoms with Gasteiger partial charge in [-0.05, 0) is 86.4 Å². The minimum atomic E-state index is -2.98. The highest BCUT2D eigenvalue weighted by molar-refractivity contribution is 7.91. The van der Waals surface area contributed by atoms with Crippen LogP contribution in [0.15, 0.2) is 10.4 Å². The second-order valence-corrected chi connectivity index (χ2v) is 10.1. The Morgan fingerprint density at radius 1 is 1.19 bits per heavy atom. The summed E-state index contributed by atoms with van der Waals surface area (Å²) >= 11 is 0. The van der Waals surface area contributed by atoms with Gasteiger partial charge in [0.15, 0.2) is 0 Å². The van der Waals surface area contributed by atoms with Crippen LogP contribution in [0.3, 0.4) is 0 Å². The highest BCUT2D eigenvalue weighted by Gasteiger charge is 2.25. The van der Waals surface area contributed by atoms with Crippen LogP contribution in [0.5, 0.6) is 0 Å². The molecule has 1 amide bonds. The Morgan fingerprint density at radius 3 is 2.31 bits per heavy atom. The molecule has 3 rings (SSSR count). The first-order valence-electron chi connectivity index (χ1n) is 9.60. The molecule has 0 heterocycles. The number of carbonyl (C=O) groups is 1. The molecule has 2 unspecified atom stereocenters. The van der Waals surface area contributed by atoms with Gasteiger partial charge in [-0.25, -0.2) is 9.35 Å². The van der Waals surface area contributed by atoms with Gasteiger partial charge in [0.2, 0.25) is 0 Å². The molecule has 5 nitrogen and oxygen atoms in total. The number of hydrogen-bond donors (Lipinski definition) is 1. The van der Waals surface area contributed by atoms with Crippen LogP contribution in [0.1, 0.15) is 47.6 Å². The Bertz CT molecular complexity index is 791. The zero-order chi connectivity index (χ0) is 18.9. The smallest absolute Gasteiger partial charge is 0.259 e. The highest BCUT2D eigenvalue weighted by atomic mass is 32.2. The second kappa shape index (κ2) is 7.79. The lowest BCUT2D eigenvalue weighted by atomic mass is 9.92. The molecule has 1 aromatic rings. The van der Waals surface area contributed by atoms with E-state index in [0.29, 0.717) is 0 Å². The standard InChI is InChI=1S/C20H31N3O2S/c1-14(12-23(2)3)13-26(21,25)22-20(24)11-19-17-8-4-6-15(17)10-16-7-5-9-18(16)19/h10,14H,4-9,11-13H2,1-3H3,(H2,21,22,24,25). The average Bonchev–Trinajstić information content (AvgIpc) is 3.12. The Morgan fingerprint density at radius 2 is 1.77 bits per heavy atom. The van der Waals surface area contributed by atoms with E-state index in [0.717, 1.165) is 50.6 Å². The van der Waals surface area contributed by atoms with Gasteiger partial charge in [-0.1, -0.05) is 13.0 Å². The third kappa shape index (κ3) is 4.53. The van der Waals surface area contributed by atoms with Crippen molar-refractivity contribution in [3.05, 3.63) is 33.9 Å². The van der Waals surface area contributed by atoms with Crippen LogP contribution in [0, 0.1) is 5.92 Å². The van der Waals surface area contributed by atoms with E-state index in [9.17, 15) is 9.00 Å². The van der Waals surface area contributed by atoms with Crippen molar-refractivity contribution in [2.45, 2.75) is 51.9 Å². The van der Waals surface area contributed by atoms with E-state index in [4.69, 9.17) is 5.14 Å². The third-order valence-electron chi connectivity index (χ3n) is 5.38. The number of amides is 1. The predicted octanol–water partition coefficient (Wildman–Crippen LogP) is 2.27. The van der Waals surface area contributed by atoms with Crippen molar-refractivity contribution in [2.24, 2.45) is 15.4 Å². The van der Waals surface area contributed by atoms with Crippen molar-refractivity contribution in [3.8, 4) is 0 Å². The molecular weight excluding hydrogens is 346 g/mol. The van der Waals surface area contributed by atoms with Gasteiger partial charge in [0.05, 0.1) is 6.42 Å². The van der Waals surface area contributed by atoms with Crippen LogP contribution in [0.4, 0.5) is 0 Å². The molecule has 2 aliphatic carbocycles. The van der Waals surface area contributed by atoms with Crippen molar-refractivity contribution in [3.63, 3.8) is 0 Å². The van der Waals surface area contributed by atoms with Gasteiger partial charge in [0, 0.05) is 12.3 Å². The molecule has 26 heavy (non-hydrogen) atoms. The molecule has 0 radical (unpaired) electrons. The summed E-state index contributed by atoms with van der Waals surface area (Å²) in [6, 6.07) is 2.35. The molecule has 1 aromatic carbocycles. The fourth-order valence-electron chi connectivity index (χ4n) is 4.62. The number of carbonyl (C=O) groups excluding carboxylic acids is 1. The van der Waals surface area contributed by atoms with Crippen molar-refractivity contribution in [2.75, 3.05) is 26.4 Å². The van der Waals surface area contributed by atoms with Crippen molar-refractivity contribution >= 4 is 15.8 Å². The maximum absolute atomic E-state index is 12.6. The number of rotatable bonds is 6. The van der Waals surface area contributed by atoms with E-state index < -0.39 is 9.92 Å². The topological polar surface area (TPSA) is 75.8 Å². The molecule has 144 valence electrons. The molecule has 0 bridgehead atoms. The summed E-state index contributed by atoms with van der Waals surface area (Å²) in [5.41, 5.74) is 6.67. The van der Waals surface area contributed by atoms with Gasteiger partial charge in [0.1, 0.15) is 9.92 Å². The molecule has 2 atom stereocenters. The van der Waals surface area contributed by atoms with Crippen LogP contribution < -0.4 is 5.14 Å². The van der Waals surface area contributed by atoms with Gasteiger partial charge >= 0.3 is 0 Å². The van der Waals surface area contributed by atoms with E-state index in [2.05, 4.69) is 10.4 Å². The van der Waals surface area contributed by atoms with Crippen molar-refractivity contribution in [1.29, 1.82) is 0 Å². The Kier molecular flexibility index (Phi) is 5.85. The van der Waals surface area contributed by atoms with E-state index in [1.165, 1.54) is 22.3 Å². The quantitative estimate of drug-likeness (QED) is 0.826. The lowest BCUT2D eigenvalue weighted by Crippen LogP contribution is -2.29. The van der Waals surface area contributed by atoms with Crippen LogP contribution in [0.25, 0.3) is 0 Å². The molecule has 6 heteroatoms. The summed E-state index contributed by atoms with van der Waals surface area (Å²) in [5.74, 6) is 0.0512. The highest BCUT2D eigenvalue weighted by Crippen LogP contribution is 2.35. The fraction of sp³-hybridized carbons (Fsp3) is 0.650. The molecule has 0 aliphatic heterocycles. The van der Waals surface area contributed by atoms with E-state index >= 15 is 0 Å². The summed E-state index contributed by atoms with van der Waals surface area (Å²) in [6.45, 7) is 2.76. The van der Waals surface area contributed by atoms with Gasteiger partial charge in [-0.2, -0.15) is 0 Å². The number of nitrogens with zero attached hydrogens (tertiary/aromatic N) is 2. The first kappa shape index (κ1) is 19.5. The predicted molar refractivity (Wildman–Crippen MR) is 107 cm³/mol. The minimum Gasteiger partial charge on any atom is -0.309 e. The Hall–Kier alpha value is -1.24. The molecule has 0 aromatic heterocycles. The summed E-state index contributed by atoms with van der Waals surface area (Å²) < 4.78 is 16.6. The monoisotopic (exact) mass is 377 g/mol. The molecule has 2 N–H and O–H groups in total. The van der Waals surface area contributed by atoms with Gasteiger partial charge in [-0.3, -0.25) is 4.79 Å². The number of fused-ring (bicyclic) bond motifs is 2. The zero-order valence-electron chi connectivity index (χ0n) is 16.2. The number of benzene rings is 1. The normalized spacial score (nSPS) is 19.1. The summed E-state index contributed by atoms with van der Waals surface area (Å²) in [5, 5.41) is 5.90. The van der Waals surface area contributed by atoms with E-state index in [-0.39, 0.29) is 24.0 Å². The van der Waals surface area contributed by atoms with E-state index in [1.807, 2.05) is 25.9 Å². The molecule has 0 spiro atoms. The summed E-state index contributed by atoms with van der Waals surface area (Å²) in [7, 11) is 0.957. The molecular formula is C20H31N3O2S. The lowest BCUT2D eigenvalue weighted by Gasteiger charge is -2.17. The van der Waals surface area contributed by atoms with E-state index in [1.54, 1.807) is 0 Å². The molecule has 0 saturated carbocycles. The summed E-state index contributed by atoms with van der Waals surface area (Å²) in [4.78, 5) is 14.6. The van der Waals surface area contributed by atoms with Gasteiger partial charge in [0.25, 0.3) is 5.91 Å². The van der Waals surface area contributed by atoms with Crippen LogP contribution in [-0.4, -0.2) is 41.4 Å². The van der Waals surface area contributed by atoms with Gasteiger partial charge in [-0.15, -0.1) is 4.36 Å². The second-order valence-electron chi connectivity index (χ2n) is 8.22. The third-order valence-corrected chi connectivity index (χ3v) is 6.94. The van der Waals surface area contributed by atoms with Crippen molar-refractivity contribution in [1.82, 2.24) is 4.90 Å². The lowest BCUT2D eigenvalue weighted by molar-refractivity contribution is -0.117. The molecule has 2 aliphatic rings. The van der Waals surface area contributed by atoms with Crippen LogP contribution in [0.2, 0.25) is 0 Å². The first-order chi connectivity index (χ1) is 12.2. The number of nitrogens with two attached hydrogens (primary N) is 1. The van der Waals surface area contributed by atoms with Crippen LogP contribution in [-0.2, 0) is 46.8 Å². The minimum absolute atomic E-state index is 0.129. The molecule has 0 saturated heterocycles. The number of hydrogen-bond acceptors (Lipinski definition) is 3. The fourth-order valence-corrected chi connectivity index (χ4v) is 6.03. The Labute approximate surface area is 157 Å². The largest absolute Gasteiger partial charge is 0.309 e. The summed E-state index contributed by atoms with van der Waals surface area (Å²) in [6.07, 6.45) is 6.87. The number of aryl methyl sites for hydroxylation is 2. The maximum atomic E-state index is 12.6. The Balaban J connectivity index is 1.80.